The highest BCUT2D eigenvalue weighted by Crippen LogP contribution is 2.28. The first-order chi connectivity index (χ1) is 11.7. The lowest BCUT2D eigenvalue weighted by Gasteiger charge is -2.32. The smallest absolute Gasteiger partial charge is 0.255 e. The van der Waals surface area contributed by atoms with Crippen molar-refractivity contribution < 1.29 is 9.90 Å². The number of aliphatic hydroxyl groups excluding tert-OH is 1. The van der Waals surface area contributed by atoms with E-state index in [2.05, 4.69) is 0 Å². The minimum absolute atomic E-state index is 0.0739. The summed E-state index contributed by atoms with van der Waals surface area (Å²) in [7, 11) is 1.99. The number of para-hydroxylation sites is 2. The van der Waals surface area contributed by atoms with E-state index in [1.165, 1.54) is 0 Å². The molecular formula is C20H24N2O2. The zero-order valence-electron chi connectivity index (χ0n) is 14.1. The van der Waals surface area contributed by atoms with Crippen LogP contribution >= 0.6 is 0 Å². The van der Waals surface area contributed by atoms with Gasteiger partial charge in [0.2, 0.25) is 0 Å². The van der Waals surface area contributed by atoms with Crippen molar-refractivity contribution in [2.75, 3.05) is 31.6 Å². The molecule has 1 N–H and O–H groups in total. The molecule has 0 aliphatic carbocycles. The molecule has 1 aliphatic rings. The second kappa shape index (κ2) is 7.49. The van der Waals surface area contributed by atoms with Gasteiger partial charge in [0.25, 0.3) is 5.91 Å². The van der Waals surface area contributed by atoms with E-state index in [0.717, 1.165) is 29.8 Å². The number of benzene rings is 2. The van der Waals surface area contributed by atoms with Crippen LogP contribution in [-0.2, 0) is 0 Å². The first-order valence-electron chi connectivity index (χ1n) is 8.48. The Morgan fingerprint density at radius 1 is 1.08 bits per heavy atom. The summed E-state index contributed by atoms with van der Waals surface area (Å²) in [5.41, 5.74) is 2.70. The molecule has 4 heteroatoms. The number of nitrogens with zero attached hydrogens (tertiary/aromatic N) is 2. The van der Waals surface area contributed by atoms with Gasteiger partial charge < -0.3 is 14.9 Å². The van der Waals surface area contributed by atoms with Crippen LogP contribution < -0.4 is 4.90 Å². The number of aliphatic hydroxyl groups is 1. The number of amides is 1. The molecule has 1 saturated heterocycles. The van der Waals surface area contributed by atoms with Crippen LogP contribution in [0, 0.1) is 5.92 Å². The number of likely N-dealkylation sites (tertiary alicyclic amines) is 1. The zero-order chi connectivity index (χ0) is 16.9. The van der Waals surface area contributed by atoms with Gasteiger partial charge in [-0.15, -0.1) is 0 Å². The third-order valence-corrected chi connectivity index (χ3v) is 4.80. The van der Waals surface area contributed by atoms with Crippen molar-refractivity contribution in [3.8, 4) is 0 Å². The molecule has 0 unspecified atom stereocenters. The van der Waals surface area contributed by atoms with Gasteiger partial charge in [0.05, 0.1) is 11.3 Å². The SMILES string of the molecule is CN(c1ccccc1)c1ccccc1C(=O)N1CCC(CO)CC1. The maximum absolute atomic E-state index is 13.0. The van der Waals surface area contributed by atoms with Crippen LogP contribution in [0.4, 0.5) is 11.4 Å². The molecule has 3 rings (SSSR count). The van der Waals surface area contributed by atoms with E-state index in [-0.39, 0.29) is 12.5 Å². The standard InChI is InChI=1S/C20H24N2O2/c1-21(17-7-3-2-4-8-17)19-10-6-5-9-18(19)20(24)22-13-11-16(15-23)12-14-22/h2-10,16,23H,11-15H2,1H3. The van der Waals surface area contributed by atoms with Gasteiger partial charge in [-0.25, -0.2) is 0 Å². The number of carbonyl (C=O) groups excluding carboxylic acids is 1. The normalized spacial score (nSPS) is 15.3. The lowest BCUT2D eigenvalue weighted by atomic mass is 9.97. The van der Waals surface area contributed by atoms with Gasteiger partial charge in [0, 0.05) is 32.4 Å². The summed E-state index contributed by atoms with van der Waals surface area (Å²) in [6.07, 6.45) is 1.75. The molecule has 1 amide bonds. The Bertz CT molecular complexity index is 679. The fourth-order valence-electron chi connectivity index (χ4n) is 3.23. The minimum atomic E-state index is 0.0739. The Kier molecular flexibility index (Phi) is 5.16. The van der Waals surface area contributed by atoms with Crippen LogP contribution in [0.3, 0.4) is 0 Å². The number of rotatable bonds is 4. The van der Waals surface area contributed by atoms with Crippen molar-refractivity contribution >= 4 is 17.3 Å². The maximum atomic E-state index is 13.0. The van der Waals surface area contributed by atoms with E-state index in [9.17, 15) is 9.90 Å². The van der Waals surface area contributed by atoms with Crippen molar-refractivity contribution in [2.24, 2.45) is 5.92 Å². The highest BCUT2D eigenvalue weighted by molar-refractivity contribution is 6.00. The lowest BCUT2D eigenvalue weighted by Crippen LogP contribution is -2.39. The summed E-state index contributed by atoms with van der Waals surface area (Å²) in [5, 5.41) is 9.27. The van der Waals surface area contributed by atoms with Gasteiger partial charge in [-0.05, 0) is 43.0 Å². The van der Waals surface area contributed by atoms with Gasteiger partial charge >= 0.3 is 0 Å². The lowest BCUT2D eigenvalue weighted by molar-refractivity contribution is 0.0651. The number of anilines is 2. The van der Waals surface area contributed by atoms with E-state index in [1.807, 2.05) is 71.4 Å². The van der Waals surface area contributed by atoms with E-state index in [4.69, 9.17) is 0 Å². The van der Waals surface area contributed by atoms with E-state index >= 15 is 0 Å². The fourth-order valence-corrected chi connectivity index (χ4v) is 3.23. The van der Waals surface area contributed by atoms with Crippen LogP contribution in [0.25, 0.3) is 0 Å². The van der Waals surface area contributed by atoms with Crippen LogP contribution in [0.5, 0.6) is 0 Å². The van der Waals surface area contributed by atoms with Crippen molar-refractivity contribution in [3.63, 3.8) is 0 Å². The maximum Gasteiger partial charge on any atom is 0.255 e. The van der Waals surface area contributed by atoms with Gasteiger partial charge in [0.15, 0.2) is 0 Å². The summed E-state index contributed by atoms with van der Waals surface area (Å²) in [5.74, 6) is 0.404. The van der Waals surface area contributed by atoms with E-state index < -0.39 is 0 Å². The monoisotopic (exact) mass is 324 g/mol. The number of carbonyl (C=O) groups is 1. The summed E-state index contributed by atoms with van der Waals surface area (Å²) in [6.45, 7) is 1.65. The predicted molar refractivity (Wildman–Crippen MR) is 96.7 cm³/mol. The van der Waals surface area contributed by atoms with Crippen molar-refractivity contribution in [1.29, 1.82) is 0 Å². The Labute approximate surface area is 143 Å². The largest absolute Gasteiger partial charge is 0.396 e. The molecular weight excluding hydrogens is 300 g/mol. The molecule has 24 heavy (non-hydrogen) atoms. The number of piperidine rings is 1. The fraction of sp³-hybridized carbons (Fsp3) is 0.350. The quantitative estimate of drug-likeness (QED) is 0.938. The molecule has 0 radical (unpaired) electrons. The molecule has 0 spiro atoms. The summed E-state index contributed by atoms with van der Waals surface area (Å²) in [4.78, 5) is 16.9. The summed E-state index contributed by atoms with van der Waals surface area (Å²) in [6, 6.07) is 17.8. The molecule has 1 aliphatic heterocycles. The van der Waals surface area contributed by atoms with Gasteiger partial charge in [0.1, 0.15) is 0 Å². The van der Waals surface area contributed by atoms with Gasteiger partial charge in [-0.3, -0.25) is 4.79 Å². The molecule has 2 aromatic rings. The summed E-state index contributed by atoms with van der Waals surface area (Å²) >= 11 is 0. The molecule has 4 nitrogen and oxygen atoms in total. The third-order valence-electron chi connectivity index (χ3n) is 4.80. The zero-order valence-corrected chi connectivity index (χ0v) is 14.1. The number of hydrogen-bond donors (Lipinski definition) is 1. The Balaban J connectivity index is 1.83. The Morgan fingerprint density at radius 2 is 1.71 bits per heavy atom. The molecule has 0 aromatic heterocycles. The molecule has 0 saturated carbocycles. The summed E-state index contributed by atoms with van der Waals surface area (Å²) < 4.78 is 0. The first-order valence-corrected chi connectivity index (χ1v) is 8.48. The van der Waals surface area contributed by atoms with Gasteiger partial charge in [-0.1, -0.05) is 30.3 Å². The third kappa shape index (κ3) is 3.44. The Morgan fingerprint density at radius 3 is 2.38 bits per heavy atom. The highest BCUT2D eigenvalue weighted by atomic mass is 16.3. The van der Waals surface area contributed by atoms with Crippen molar-refractivity contribution in [1.82, 2.24) is 4.90 Å². The van der Waals surface area contributed by atoms with E-state index in [0.29, 0.717) is 19.0 Å². The topological polar surface area (TPSA) is 43.8 Å². The van der Waals surface area contributed by atoms with Crippen molar-refractivity contribution in [2.45, 2.75) is 12.8 Å². The van der Waals surface area contributed by atoms with E-state index in [1.54, 1.807) is 0 Å². The molecule has 126 valence electrons. The van der Waals surface area contributed by atoms with Gasteiger partial charge in [-0.2, -0.15) is 0 Å². The van der Waals surface area contributed by atoms with Crippen LogP contribution in [0.1, 0.15) is 23.2 Å². The van der Waals surface area contributed by atoms with Crippen LogP contribution in [0.2, 0.25) is 0 Å². The second-order valence-electron chi connectivity index (χ2n) is 6.33. The molecule has 1 fully saturated rings. The first kappa shape index (κ1) is 16.5. The van der Waals surface area contributed by atoms with Crippen LogP contribution in [-0.4, -0.2) is 42.7 Å². The van der Waals surface area contributed by atoms with Crippen molar-refractivity contribution in [3.05, 3.63) is 60.2 Å². The minimum Gasteiger partial charge on any atom is -0.396 e. The number of hydrogen-bond acceptors (Lipinski definition) is 3. The molecule has 1 heterocycles. The molecule has 0 atom stereocenters. The average Bonchev–Trinajstić information content (AvgIpc) is 2.67. The van der Waals surface area contributed by atoms with Crippen LogP contribution in [0.15, 0.2) is 54.6 Å². The molecule has 2 aromatic carbocycles. The second-order valence-corrected chi connectivity index (χ2v) is 6.33. The average molecular weight is 324 g/mol. The predicted octanol–water partition coefficient (Wildman–Crippen LogP) is 3.30. The molecule has 0 bridgehead atoms. The Hall–Kier alpha value is -2.33. The highest BCUT2D eigenvalue weighted by Gasteiger charge is 2.25.